The van der Waals surface area contributed by atoms with Crippen molar-refractivity contribution in [3.05, 3.63) is 18.2 Å². The topological polar surface area (TPSA) is 97.0 Å². The molecule has 1 saturated carbocycles. The summed E-state index contributed by atoms with van der Waals surface area (Å²) in [6, 6.07) is 5.21. The molecule has 148 valence electrons. The molecule has 9 heteroatoms. The SMILES string of the molecule is O=C(CN1CCCC(NS(=O)(=O)C2CC2)C1)Nc1ccc2c(c1)OCCO2. The maximum Gasteiger partial charge on any atom is 0.238 e. The van der Waals surface area contributed by atoms with Crippen LogP contribution in [0.1, 0.15) is 25.7 Å². The summed E-state index contributed by atoms with van der Waals surface area (Å²) in [5.74, 6) is 1.19. The first-order valence-electron chi connectivity index (χ1n) is 9.42. The molecule has 1 aromatic rings. The molecule has 3 aliphatic rings. The molecule has 8 nitrogen and oxygen atoms in total. The molecule has 0 spiro atoms. The van der Waals surface area contributed by atoms with Gasteiger partial charge in [0.25, 0.3) is 0 Å². The first-order valence-corrected chi connectivity index (χ1v) is 11.0. The number of nitrogens with one attached hydrogen (secondary N) is 2. The summed E-state index contributed by atoms with van der Waals surface area (Å²) in [5.41, 5.74) is 0.659. The summed E-state index contributed by atoms with van der Waals surface area (Å²) < 4.78 is 38.1. The van der Waals surface area contributed by atoms with Crippen LogP contribution >= 0.6 is 0 Å². The fourth-order valence-electron chi connectivity index (χ4n) is 3.53. The van der Waals surface area contributed by atoms with Crippen molar-refractivity contribution in [3.8, 4) is 11.5 Å². The number of carbonyl (C=O) groups is 1. The second kappa shape index (κ2) is 7.65. The molecular formula is C18H25N3O5S. The third-order valence-corrected chi connectivity index (χ3v) is 7.00. The molecule has 0 radical (unpaired) electrons. The van der Waals surface area contributed by atoms with Crippen LogP contribution in [-0.2, 0) is 14.8 Å². The highest BCUT2D eigenvalue weighted by Crippen LogP contribution is 2.32. The van der Waals surface area contributed by atoms with Crippen molar-refractivity contribution in [1.82, 2.24) is 9.62 Å². The summed E-state index contributed by atoms with van der Waals surface area (Å²) in [5, 5.41) is 2.66. The monoisotopic (exact) mass is 395 g/mol. The number of likely N-dealkylation sites (tertiary alicyclic amines) is 1. The highest BCUT2D eigenvalue weighted by molar-refractivity contribution is 7.90. The fraction of sp³-hybridized carbons (Fsp3) is 0.611. The van der Waals surface area contributed by atoms with Crippen molar-refractivity contribution in [3.63, 3.8) is 0 Å². The van der Waals surface area contributed by atoms with E-state index in [2.05, 4.69) is 10.0 Å². The van der Waals surface area contributed by atoms with Gasteiger partial charge in [0, 0.05) is 24.3 Å². The van der Waals surface area contributed by atoms with E-state index in [0.29, 0.717) is 36.9 Å². The number of rotatable bonds is 6. The molecule has 0 bridgehead atoms. The Balaban J connectivity index is 1.30. The number of anilines is 1. The lowest BCUT2D eigenvalue weighted by atomic mass is 10.1. The van der Waals surface area contributed by atoms with Crippen LogP contribution in [0.5, 0.6) is 11.5 Å². The van der Waals surface area contributed by atoms with E-state index in [0.717, 1.165) is 32.2 Å². The molecule has 27 heavy (non-hydrogen) atoms. The number of amides is 1. The number of nitrogens with zero attached hydrogens (tertiary/aromatic N) is 1. The van der Waals surface area contributed by atoms with E-state index in [1.54, 1.807) is 18.2 Å². The minimum absolute atomic E-state index is 0.119. The van der Waals surface area contributed by atoms with Crippen LogP contribution in [0.15, 0.2) is 18.2 Å². The van der Waals surface area contributed by atoms with E-state index in [1.165, 1.54) is 0 Å². The Hall–Kier alpha value is -1.84. The second-order valence-corrected chi connectivity index (χ2v) is 9.34. The highest BCUT2D eigenvalue weighted by Gasteiger charge is 2.37. The Morgan fingerprint density at radius 3 is 2.70 bits per heavy atom. The summed E-state index contributed by atoms with van der Waals surface area (Å²) >= 11 is 0. The van der Waals surface area contributed by atoms with Crippen molar-refractivity contribution < 1.29 is 22.7 Å². The van der Waals surface area contributed by atoms with Crippen LogP contribution in [0.4, 0.5) is 5.69 Å². The van der Waals surface area contributed by atoms with Crippen LogP contribution in [0.25, 0.3) is 0 Å². The van der Waals surface area contributed by atoms with Crippen LogP contribution in [0.3, 0.4) is 0 Å². The number of carbonyl (C=O) groups excluding carboxylic acids is 1. The lowest BCUT2D eigenvalue weighted by Crippen LogP contribution is -2.50. The van der Waals surface area contributed by atoms with Gasteiger partial charge in [-0.3, -0.25) is 9.69 Å². The Labute approximate surface area is 159 Å². The van der Waals surface area contributed by atoms with Crippen molar-refractivity contribution in [2.45, 2.75) is 37.0 Å². The van der Waals surface area contributed by atoms with Crippen LogP contribution in [-0.4, -0.2) is 63.4 Å². The Bertz CT molecular complexity index is 809. The van der Waals surface area contributed by atoms with Gasteiger partial charge in [-0.2, -0.15) is 0 Å². The Kier molecular flexibility index (Phi) is 5.25. The molecule has 2 fully saturated rings. The summed E-state index contributed by atoms with van der Waals surface area (Å²) in [6.45, 7) is 2.60. The van der Waals surface area contributed by atoms with Gasteiger partial charge in [0.1, 0.15) is 13.2 Å². The van der Waals surface area contributed by atoms with E-state index in [9.17, 15) is 13.2 Å². The largest absolute Gasteiger partial charge is 0.486 e. The number of hydrogen-bond donors (Lipinski definition) is 2. The second-order valence-electron chi connectivity index (χ2n) is 7.34. The molecule has 1 unspecified atom stereocenters. The zero-order valence-corrected chi connectivity index (χ0v) is 16.0. The lowest BCUT2D eigenvalue weighted by molar-refractivity contribution is -0.117. The standard InChI is InChI=1S/C18H25N3O5S/c22-18(19-13-3-6-16-17(10-13)26-9-8-25-16)12-21-7-1-2-14(11-21)20-27(23,24)15-4-5-15/h3,6,10,14-15,20H,1-2,4-5,7-9,11-12H2,(H,19,22). The molecule has 2 N–H and O–H groups in total. The first kappa shape index (κ1) is 18.5. The van der Waals surface area contributed by atoms with Crippen molar-refractivity contribution >= 4 is 21.6 Å². The summed E-state index contributed by atoms with van der Waals surface area (Å²) in [4.78, 5) is 14.4. The van der Waals surface area contributed by atoms with Crippen LogP contribution < -0.4 is 19.5 Å². The van der Waals surface area contributed by atoms with Gasteiger partial charge in [0.2, 0.25) is 15.9 Å². The summed E-state index contributed by atoms with van der Waals surface area (Å²) in [7, 11) is -3.20. The number of fused-ring (bicyclic) bond motifs is 1. The zero-order valence-electron chi connectivity index (χ0n) is 15.1. The molecule has 1 amide bonds. The number of benzene rings is 1. The number of piperidine rings is 1. The van der Waals surface area contributed by atoms with Crippen LogP contribution in [0, 0.1) is 0 Å². The minimum Gasteiger partial charge on any atom is -0.486 e. The fourth-order valence-corrected chi connectivity index (χ4v) is 5.13. The minimum atomic E-state index is -3.20. The van der Waals surface area contributed by atoms with Gasteiger partial charge >= 0.3 is 0 Å². The van der Waals surface area contributed by atoms with Gasteiger partial charge in [0.05, 0.1) is 11.8 Å². The Morgan fingerprint density at radius 2 is 1.93 bits per heavy atom. The third kappa shape index (κ3) is 4.72. The average Bonchev–Trinajstić information content (AvgIpc) is 3.47. The molecule has 4 rings (SSSR count). The molecule has 1 atom stereocenters. The molecule has 2 heterocycles. The number of sulfonamides is 1. The van der Waals surface area contributed by atoms with Gasteiger partial charge in [0.15, 0.2) is 11.5 Å². The van der Waals surface area contributed by atoms with Gasteiger partial charge in [-0.15, -0.1) is 0 Å². The Morgan fingerprint density at radius 1 is 1.15 bits per heavy atom. The van der Waals surface area contributed by atoms with Crippen LogP contribution in [0.2, 0.25) is 0 Å². The van der Waals surface area contributed by atoms with E-state index < -0.39 is 10.0 Å². The van der Waals surface area contributed by atoms with Gasteiger partial charge in [-0.05, 0) is 44.4 Å². The predicted molar refractivity (Wildman–Crippen MR) is 101 cm³/mol. The zero-order chi connectivity index (χ0) is 18.9. The average molecular weight is 395 g/mol. The van der Waals surface area contributed by atoms with E-state index in [1.807, 2.05) is 4.90 Å². The van der Waals surface area contributed by atoms with Crippen molar-refractivity contribution in [1.29, 1.82) is 0 Å². The molecule has 1 aliphatic carbocycles. The molecule has 1 aromatic carbocycles. The number of ether oxygens (including phenoxy) is 2. The van der Waals surface area contributed by atoms with Gasteiger partial charge in [-0.25, -0.2) is 13.1 Å². The molecule has 2 aliphatic heterocycles. The molecule has 1 saturated heterocycles. The van der Waals surface area contributed by atoms with Gasteiger partial charge in [-0.1, -0.05) is 0 Å². The van der Waals surface area contributed by atoms with Crippen molar-refractivity contribution in [2.24, 2.45) is 0 Å². The van der Waals surface area contributed by atoms with Gasteiger partial charge < -0.3 is 14.8 Å². The van der Waals surface area contributed by atoms with E-state index in [4.69, 9.17) is 9.47 Å². The lowest BCUT2D eigenvalue weighted by Gasteiger charge is -2.32. The van der Waals surface area contributed by atoms with Crippen molar-refractivity contribution in [2.75, 3.05) is 38.2 Å². The van der Waals surface area contributed by atoms with E-state index >= 15 is 0 Å². The predicted octanol–water partition coefficient (Wildman–Crippen LogP) is 0.943. The molecule has 0 aromatic heterocycles. The maximum atomic E-state index is 12.4. The normalized spacial score (nSPS) is 23.0. The smallest absolute Gasteiger partial charge is 0.238 e. The summed E-state index contributed by atoms with van der Waals surface area (Å²) in [6.07, 6.45) is 3.19. The molecular weight excluding hydrogens is 370 g/mol. The quantitative estimate of drug-likeness (QED) is 0.744. The first-order chi connectivity index (χ1) is 13.0. The maximum absolute atomic E-state index is 12.4. The van der Waals surface area contributed by atoms with E-state index in [-0.39, 0.29) is 23.7 Å². The number of hydrogen-bond acceptors (Lipinski definition) is 6. The third-order valence-electron chi connectivity index (χ3n) is 4.99. The highest BCUT2D eigenvalue weighted by atomic mass is 32.2.